The lowest BCUT2D eigenvalue weighted by molar-refractivity contribution is -0.141. The summed E-state index contributed by atoms with van der Waals surface area (Å²) in [7, 11) is -0.756. The van der Waals surface area contributed by atoms with Crippen LogP contribution in [0, 0.1) is 0 Å². The number of nitrogens with two attached hydrogens (primary N) is 1. The molecule has 1 fully saturated rings. The van der Waals surface area contributed by atoms with Crippen molar-refractivity contribution in [2.45, 2.75) is 11.7 Å². The molecule has 90 valence electrons. The first-order valence-electron chi connectivity index (χ1n) is 4.47. The molecule has 1 aliphatic rings. The highest BCUT2D eigenvalue weighted by Gasteiger charge is 2.39. The number of hydrogen-bond acceptors (Lipinski definition) is 4. The quantitative estimate of drug-likeness (QED) is 0.559. The Balaban J connectivity index is 2.96. The first-order valence-corrected chi connectivity index (χ1v) is 6.23. The zero-order valence-corrected chi connectivity index (χ0v) is 9.96. The summed E-state index contributed by atoms with van der Waals surface area (Å²) in [5.41, 5.74) is 6.70. The summed E-state index contributed by atoms with van der Waals surface area (Å²) in [6.07, 6.45) is 0.242. The summed E-state index contributed by atoms with van der Waals surface area (Å²) < 4.78 is 0.244. The highest BCUT2D eigenvalue weighted by Crippen LogP contribution is 2.35. The van der Waals surface area contributed by atoms with Gasteiger partial charge in [0.05, 0.1) is 5.25 Å². The Bertz CT molecular complexity index is 369. The minimum Gasteiger partial charge on any atom is -0.480 e. The minimum atomic E-state index is -1.12. The second kappa shape index (κ2) is 5.48. The molecule has 1 heterocycles. The van der Waals surface area contributed by atoms with Crippen molar-refractivity contribution in [3.63, 3.8) is 0 Å². The smallest absolute Gasteiger partial charge is 0.323 e. The maximum Gasteiger partial charge on any atom is 0.323 e. The molecule has 0 aromatic carbocycles. The van der Waals surface area contributed by atoms with Gasteiger partial charge in [0.15, 0.2) is 0 Å². The zero-order valence-electron chi connectivity index (χ0n) is 8.33. The van der Waals surface area contributed by atoms with E-state index >= 15 is 0 Å². The lowest BCUT2D eigenvalue weighted by Crippen LogP contribution is -2.35. The number of nitrogens with zero attached hydrogens (tertiary/aromatic N) is 1. The number of hydrogen-bond donors (Lipinski definition) is 3. The van der Waals surface area contributed by atoms with Gasteiger partial charge in [-0.1, -0.05) is 12.2 Å². The van der Waals surface area contributed by atoms with Gasteiger partial charge in [-0.2, -0.15) is 0 Å². The van der Waals surface area contributed by atoms with Gasteiger partial charge in [0.25, 0.3) is 0 Å². The van der Waals surface area contributed by atoms with Crippen LogP contribution in [-0.2, 0) is 9.59 Å². The van der Waals surface area contributed by atoms with Crippen molar-refractivity contribution in [3.8, 4) is 0 Å². The van der Waals surface area contributed by atoms with Crippen LogP contribution in [0.4, 0.5) is 0 Å². The van der Waals surface area contributed by atoms with Crippen LogP contribution in [0.3, 0.4) is 0 Å². The number of rotatable bonds is 4. The Kier molecular flexibility index (Phi) is 4.54. The third-order valence-corrected chi connectivity index (χ3v) is 4.87. The molecule has 2 atom stereocenters. The van der Waals surface area contributed by atoms with Gasteiger partial charge < -0.3 is 15.9 Å². The van der Waals surface area contributed by atoms with Crippen LogP contribution in [0.2, 0.25) is 0 Å². The summed E-state index contributed by atoms with van der Waals surface area (Å²) >= 11 is 5.01. The van der Waals surface area contributed by atoms with Gasteiger partial charge in [0, 0.05) is 12.1 Å². The van der Waals surface area contributed by atoms with E-state index in [4.69, 9.17) is 28.2 Å². The average molecular weight is 264 g/mol. The van der Waals surface area contributed by atoms with E-state index in [1.165, 1.54) is 5.49 Å². The molecule has 0 saturated carbocycles. The Morgan fingerprint density at radius 1 is 1.69 bits per heavy atom. The van der Waals surface area contributed by atoms with E-state index in [1.54, 1.807) is 0 Å². The van der Waals surface area contributed by atoms with E-state index in [0.717, 1.165) is 4.90 Å². The van der Waals surface area contributed by atoms with Crippen LogP contribution in [-0.4, -0.2) is 55.2 Å². The summed E-state index contributed by atoms with van der Waals surface area (Å²) in [4.78, 5) is 23.4. The zero-order chi connectivity index (χ0) is 12.3. The summed E-state index contributed by atoms with van der Waals surface area (Å²) in [5.74, 6) is -1.49. The van der Waals surface area contributed by atoms with Gasteiger partial charge in [0.2, 0.25) is 5.91 Å². The summed E-state index contributed by atoms with van der Waals surface area (Å²) in [6, 6.07) is 0. The lowest BCUT2D eigenvalue weighted by atomic mass is 10.3. The molecule has 0 radical (unpaired) electrons. The van der Waals surface area contributed by atoms with Gasteiger partial charge >= 0.3 is 5.97 Å². The van der Waals surface area contributed by atoms with Gasteiger partial charge in [-0.25, -0.2) is 0 Å². The van der Waals surface area contributed by atoms with Crippen molar-refractivity contribution in [1.29, 1.82) is 0 Å². The number of aliphatic hydroxyl groups excluding tert-OH is 1. The number of thiocarbonyl (C=S) groups is 1. The molecular formula is C8H12N2O4S2. The number of carboxylic acid groups (broad SMARTS) is 1. The van der Waals surface area contributed by atoms with E-state index in [-0.39, 0.29) is 23.3 Å². The first-order chi connectivity index (χ1) is 7.52. The summed E-state index contributed by atoms with van der Waals surface area (Å²) in [5, 5.41) is 17.0. The molecule has 16 heavy (non-hydrogen) atoms. The fourth-order valence-corrected chi connectivity index (χ4v) is 3.75. The molecule has 4 N–H and O–H groups in total. The van der Waals surface area contributed by atoms with Crippen LogP contribution in [0.25, 0.3) is 0 Å². The van der Waals surface area contributed by atoms with Crippen molar-refractivity contribution in [2.24, 2.45) is 5.73 Å². The topological polar surface area (TPSA) is 104 Å². The van der Waals surface area contributed by atoms with Crippen molar-refractivity contribution in [3.05, 3.63) is 0 Å². The fourth-order valence-electron chi connectivity index (χ4n) is 1.42. The van der Waals surface area contributed by atoms with Gasteiger partial charge in [-0.15, -0.1) is 10.5 Å². The number of aliphatic carboxylic acids is 1. The molecule has 0 aliphatic carbocycles. The third kappa shape index (κ3) is 2.46. The largest absolute Gasteiger partial charge is 0.480 e. The minimum absolute atomic E-state index is 0.155. The van der Waals surface area contributed by atoms with Crippen LogP contribution in [0.5, 0.6) is 0 Å². The predicted molar refractivity (Wildman–Crippen MR) is 65.3 cm³/mol. The number of amides is 1. The molecule has 1 saturated heterocycles. The van der Waals surface area contributed by atoms with E-state index in [9.17, 15) is 9.59 Å². The maximum absolute atomic E-state index is 11.8. The first kappa shape index (κ1) is 13.2. The Morgan fingerprint density at radius 2 is 2.31 bits per heavy atom. The van der Waals surface area contributed by atoms with E-state index in [2.05, 4.69) is 0 Å². The highest BCUT2D eigenvalue weighted by molar-refractivity contribution is 8.35. The molecule has 6 nitrogen and oxygen atoms in total. The van der Waals surface area contributed by atoms with E-state index < -0.39 is 28.2 Å². The molecule has 0 aromatic heterocycles. The molecule has 1 amide bonds. The number of carboxylic acids is 1. The van der Waals surface area contributed by atoms with Crippen molar-refractivity contribution >= 4 is 44.4 Å². The molecule has 0 aromatic rings. The second-order valence-electron chi connectivity index (χ2n) is 3.09. The van der Waals surface area contributed by atoms with E-state index in [1.807, 2.05) is 0 Å². The second-order valence-corrected chi connectivity index (χ2v) is 5.71. The van der Waals surface area contributed by atoms with Crippen LogP contribution >= 0.6 is 22.7 Å². The van der Waals surface area contributed by atoms with Gasteiger partial charge in [-0.3, -0.25) is 14.5 Å². The normalized spacial score (nSPS) is 25.5. The Labute approximate surface area is 100.0 Å². The monoisotopic (exact) mass is 264 g/mol. The van der Waals surface area contributed by atoms with Crippen molar-refractivity contribution in [2.75, 3.05) is 13.2 Å². The molecule has 0 spiro atoms. The van der Waals surface area contributed by atoms with Crippen molar-refractivity contribution in [1.82, 2.24) is 4.90 Å². The third-order valence-electron chi connectivity index (χ3n) is 2.10. The molecule has 1 aliphatic heterocycles. The lowest BCUT2D eigenvalue weighted by Gasteiger charge is -2.11. The van der Waals surface area contributed by atoms with E-state index in [0.29, 0.717) is 0 Å². The standard InChI is InChI=1S/C8H12N2O4S2/c9-4-16-5(1-2-11)7(14)10(8(16)15)3-6(12)13/h4-5,11H,1-3,9H2,(H,12,13). The molecule has 2 unspecified atom stereocenters. The average Bonchev–Trinajstić information content (AvgIpc) is 2.43. The molecule has 0 bridgehead atoms. The SMILES string of the molecule is NC=S1C(=S)N(CC(=O)O)C(=O)C1CCO. The van der Waals surface area contributed by atoms with Crippen LogP contribution < -0.4 is 5.73 Å². The van der Waals surface area contributed by atoms with Crippen molar-refractivity contribution < 1.29 is 19.8 Å². The number of carbonyl (C=O) groups is 2. The molecule has 1 rings (SSSR count). The highest BCUT2D eigenvalue weighted by atomic mass is 32.2. The maximum atomic E-state index is 11.8. The van der Waals surface area contributed by atoms with Gasteiger partial charge in [-0.05, 0) is 6.42 Å². The van der Waals surface area contributed by atoms with Gasteiger partial charge in [0.1, 0.15) is 10.9 Å². The fraction of sp³-hybridized carbons (Fsp3) is 0.500. The predicted octanol–water partition coefficient (Wildman–Crippen LogP) is -1.06. The van der Waals surface area contributed by atoms with Crippen LogP contribution in [0.1, 0.15) is 6.42 Å². The Hall–Kier alpha value is -0.830. The number of carbonyl (C=O) groups excluding carboxylic acids is 1. The molecular weight excluding hydrogens is 252 g/mol. The number of aliphatic hydroxyl groups is 1. The summed E-state index contributed by atoms with van der Waals surface area (Å²) in [6.45, 7) is -0.603. The van der Waals surface area contributed by atoms with Crippen LogP contribution in [0.15, 0.2) is 0 Å². The molecule has 8 heteroatoms. The Morgan fingerprint density at radius 3 is 2.75 bits per heavy atom.